The second-order valence-corrected chi connectivity index (χ2v) is 8.52. The van der Waals surface area contributed by atoms with E-state index in [-0.39, 0.29) is 18.2 Å². The van der Waals surface area contributed by atoms with Gasteiger partial charge in [-0.25, -0.2) is 4.98 Å². The number of benzene rings is 2. The first kappa shape index (κ1) is 22.3. The Hall–Kier alpha value is -4.47. The average Bonchev–Trinajstić information content (AvgIpc) is 3.47. The smallest absolute Gasteiger partial charge is 0.278 e. The Morgan fingerprint density at radius 2 is 1.86 bits per heavy atom. The minimum Gasteiger partial charge on any atom is -0.326 e. The summed E-state index contributed by atoms with van der Waals surface area (Å²) >= 11 is 0. The summed E-state index contributed by atoms with van der Waals surface area (Å²) in [6.07, 6.45) is 1.19. The number of H-pyrrole nitrogens is 2. The highest BCUT2D eigenvalue weighted by Gasteiger charge is 2.43. The Labute approximate surface area is 199 Å². The van der Waals surface area contributed by atoms with E-state index in [1.54, 1.807) is 24.3 Å². The van der Waals surface area contributed by atoms with Crippen molar-refractivity contribution >= 4 is 40.1 Å². The lowest BCUT2D eigenvalue weighted by Crippen LogP contribution is -2.31. The number of imide groups is 1. The maximum absolute atomic E-state index is 13.5. The molecule has 10 heteroatoms. The van der Waals surface area contributed by atoms with Crippen LogP contribution in [-0.2, 0) is 20.8 Å². The first-order valence-electron chi connectivity index (χ1n) is 11.4. The van der Waals surface area contributed by atoms with Gasteiger partial charge < -0.3 is 10.3 Å². The fourth-order valence-electron chi connectivity index (χ4n) is 4.52. The second-order valence-electron chi connectivity index (χ2n) is 8.52. The molecule has 0 aliphatic carbocycles. The minimum atomic E-state index is -0.895. The number of nitrogens with zero attached hydrogens (tertiary/aromatic N) is 3. The highest BCUT2D eigenvalue weighted by Crippen LogP contribution is 2.34. The first-order valence-corrected chi connectivity index (χ1v) is 11.4. The number of para-hydroxylation sites is 2. The maximum Gasteiger partial charge on any atom is 0.278 e. The molecule has 3 amide bonds. The number of fused-ring (bicyclic) bond motifs is 1. The largest absolute Gasteiger partial charge is 0.326 e. The van der Waals surface area contributed by atoms with Gasteiger partial charge in [0.25, 0.3) is 5.56 Å². The standard InChI is InChI=1S/C25H24N6O4/c1-3-6-20-22(24(35)31(29-20)25-27-18-7-4-5-8-19(18)28-25)17-13-21(33)30(23(17)34)16-11-9-15(10-12-16)26-14(2)32/h4-5,7-12,17,29H,3,6,13H2,1-2H3,(H,26,32)(H,27,28)/t17-/m0/s1. The second kappa shape index (κ2) is 8.71. The van der Waals surface area contributed by atoms with Gasteiger partial charge in [0.15, 0.2) is 0 Å². The van der Waals surface area contributed by atoms with E-state index in [4.69, 9.17) is 0 Å². The maximum atomic E-state index is 13.5. The lowest BCUT2D eigenvalue weighted by molar-refractivity contribution is -0.121. The molecule has 35 heavy (non-hydrogen) atoms. The van der Waals surface area contributed by atoms with Crippen LogP contribution in [0.2, 0.25) is 0 Å². The number of carbonyl (C=O) groups is 3. The molecule has 178 valence electrons. The summed E-state index contributed by atoms with van der Waals surface area (Å²) in [4.78, 5) is 59.8. The van der Waals surface area contributed by atoms with E-state index in [9.17, 15) is 19.2 Å². The van der Waals surface area contributed by atoms with Crippen molar-refractivity contribution in [2.75, 3.05) is 10.2 Å². The van der Waals surface area contributed by atoms with Crippen LogP contribution in [0.4, 0.5) is 11.4 Å². The molecule has 1 aliphatic rings. The average molecular weight is 473 g/mol. The van der Waals surface area contributed by atoms with Gasteiger partial charge in [-0.15, -0.1) is 0 Å². The third-order valence-corrected chi connectivity index (χ3v) is 6.04. The lowest BCUT2D eigenvalue weighted by Gasteiger charge is -2.15. The van der Waals surface area contributed by atoms with Crippen molar-refractivity contribution in [1.29, 1.82) is 0 Å². The van der Waals surface area contributed by atoms with Crippen LogP contribution in [0.25, 0.3) is 17.0 Å². The SMILES string of the molecule is CCCc1[nH]n(-c2nc3ccccc3[nH]2)c(=O)c1[C@@H]1CC(=O)N(c2ccc(NC(C)=O)cc2)C1=O. The summed E-state index contributed by atoms with van der Waals surface area (Å²) < 4.78 is 1.31. The third kappa shape index (κ3) is 3.92. The molecule has 3 N–H and O–H groups in total. The van der Waals surface area contributed by atoms with E-state index in [1.165, 1.54) is 11.6 Å². The van der Waals surface area contributed by atoms with Crippen LogP contribution in [0.15, 0.2) is 53.3 Å². The molecule has 1 saturated heterocycles. The molecule has 0 bridgehead atoms. The molecule has 10 nitrogen and oxygen atoms in total. The fourth-order valence-corrected chi connectivity index (χ4v) is 4.52. The van der Waals surface area contributed by atoms with Crippen molar-refractivity contribution in [3.05, 3.63) is 70.1 Å². The molecule has 3 heterocycles. The minimum absolute atomic E-state index is 0.101. The molecular weight excluding hydrogens is 448 g/mol. The van der Waals surface area contributed by atoms with Crippen LogP contribution in [0, 0.1) is 0 Å². The van der Waals surface area contributed by atoms with Gasteiger partial charge in [0, 0.05) is 24.7 Å². The number of anilines is 2. The van der Waals surface area contributed by atoms with Crippen LogP contribution in [0.5, 0.6) is 0 Å². The molecule has 0 saturated carbocycles. The van der Waals surface area contributed by atoms with Gasteiger partial charge in [-0.1, -0.05) is 25.5 Å². The predicted octanol–water partition coefficient (Wildman–Crippen LogP) is 3.00. The zero-order chi connectivity index (χ0) is 24.7. The van der Waals surface area contributed by atoms with E-state index >= 15 is 0 Å². The van der Waals surface area contributed by atoms with E-state index in [1.807, 2.05) is 31.2 Å². The molecule has 1 fully saturated rings. The van der Waals surface area contributed by atoms with Crippen LogP contribution < -0.4 is 15.8 Å². The Morgan fingerprint density at radius 3 is 2.54 bits per heavy atom. The Balaban J connectivity index is 1.52. The number of aromatic nitrogens is 4. The summed E-state index contributed by atoms with van der Waals surface area (Å²) in [5.74, 6) is -1.63. The van der Waals surface area contributed by atoms with Crippen LogP contribution in [-0.4, -0.2) is 37.5 Å². The third-order valence-electron chi connectivity index (χ3n) is 6.04. The van der Waals surface area contributed by atoms with Gasteiger partial charge in [0.2, 0.25) is 23.7 Å². The normalized spacial score (nSPS) is 15.8. The van der Waals surface area contributed by atoms with E-state index < -0.39 is 17.4 Å². The summed E-state index contributed by atoms with van der Waals surface area (Å²) in [5, 5.41) is 5.76. The van der Waals surface area contributed by atoms with E-state index in [2.05, 4.69) is 20.4 Å². The monoisotopic (exact) mass is 472 g/mol. The lowest BCUT2D eigenvalue weighted by atomic mass is 9.96. The molecule has 2 aromatic carbocycles. The van der Waals surface area contributed by atoms with Crippen LogP contribution in [0.3, 0.4) is 0 Å². The Bertz CT molecular complexity index is 1480. The molecule has 0 unspecified atom stereocenters. The van der Waals surface area contributed by atoms with Crippen LogP contribution in [0.1, 0.15) is 43.9 Å². The number of nitrogens with one attached hydrogen (secondary N) is 3. The first-order chi connectivity index (χ1) is 16.9. The zero-order valence-corrected chi connectivity index (χ0v) is 19.3. The van der Waals surface area contributed by atoms with Crippen molar-refractivity contribution in [2.45, 2.75) is 39.0 Å². The van der Waals surface area contributed by atoms with E-state index in [0.717, 1.165) is 16.8 Å². The molecule has 1 atom stereocenters. The molecule has 0 radical (unpaired) electrons. The highest BCUT2D eigenvalue weighted by atomic mass is 16.2. The zero-order valence-electron chi connectivity index (χ0n) is 19.3. The molecule has 1 aliphatic heterocycles. The number of hydrogen-bond donors (Lipinski definition) is 3. The van der Waals surface area contributed by atoms with Gasteiger partial charge in [-0.05, 0) is 42.8 Å². The number of hydrogen-bond acceptors (Lipinski definition) is 5. The van der Waals surface area contributed by atoms with Crippen molar-refractivity contribution in [3.63, 3.8) is 0 Å². The van der Waals surface area contributed by atoms with Crippen molar-refractivity contribution in [1.82, 2.24) is 19.7 Å². The number of amides is 3. The Morgan fingerprint density at radius 1 is 1.11 bits per heavy atom. The Kier molecular flexibility index (Phi) is 5.56. The van der Waals surface area contributed by atoms with Crippen LogP contribution >= 0.6 is 0 Å². The molecule has 0 spiro atoms. The summed E-state index contributed by atoms with van der Waals surface area (Å²) in [7, 11) is 0. The number of aromatic amines is 2. The van der Waals surface area contributed by atoms with Crippen molar-refractivity contribution in [2.24, 2.45) is 0 Å². The van der Waals surface area contributed by atoms with Gasteiger partial charge in [-0.3, -0.25) is 29.2 Å². The van der Waals surface area contributed by atoms with Gasteiger partial charge in [0.05, 0.1) is 28.2 Å². The fraction of sp³-hybridized carbons (Fsp3) is 0.240. The van der Waals surface area contributed by atoms with Crippen molar-refractivity contribution < 1.29 is 14.4 Å². The molecule has 5 rings (SSSR count). The van der Waals surface area contributed by atoms with Crippen molar-refractivity contribution in [3.8, 4) is 5.95 Å². The van der Waals surface area contributed by atoms with Gasteiger partial charge in [0.1, 0.15) is 0 Å². The quantitative estimate of drug-likeness (QED) is 0.371. The topological polar surface area (TPSA) is 133 Å². The molecule has 2 aromatic heterocycles. The number of aryl methyl sites for hydroxylation is 1. The number of carbonyl (C=O) groups excluding carboxylic acids is 3. The molecule has 4 aromatic rings. The van der Waals surface area contributed by atoms with Gasteiger partial charge >= 0.3 is 0 Å². The molecular formula is C25H24N6O4. The summed E-state index contributed by atoms with van der Waals surface area (Å²) in [6, 6.07) is 13.9. The summed E-state index contributed by atoms with van der Waals surface area (Å²) in [6.45, 7) is 3.38. The summed E-state index contributed by atoms with van der Waals surface area (Å²) in [5.41, 5.74) is 2.95. The number of rotatable bonds is 6. The van der Waals surface area contributed by atoms with Gasteiger partial charge in [-0.2, -0.15) is 4.68 Å². The van der Waals surface area contributed by atoms with E-state index in [0.29, 0.717) is 40.5 Å². The predicted molar refractivity (Wildman–Crippen MR) is 131 cm³/mol. The number of imidazole rings is 1. The highest BCUT2D eigenvalue weighted by molar-refractivity contribution is 6.22.